The second kappa shape index (κ2) is 8.31. The molecule has 2 aromatic rings. The van der Waals surface area contributed by atoms with Crippen molar-refractivity contribution in [1.82, 2.24) is 5.27 Å². The molecular formula is C17H22N3O5S+. The lowest BCUT2D eigenvalue weighted by atomic mass is 9.96. The van der Waals surface area contributed by atoms with Crippen molar-refractivity contribution < 1.29 is 23.5 Å². The smallest absolute Gasteiger partial charge is 0.426 e. The number of hydrogen-bond acceptors (Lipinski definition) is 6. The van der Waals surface area contributed by atoms with Crippen LogP contribution in [0.1, 0.15) is 53.4 Å². The van der Waals surface area contributed by atoms with Crippen molar-refractivity contribution in [3.63, 3.8) is 0 Å². The Labute approximate surface area is 154 Å². The summed E-state index contributed by atoms with van der Waals surface area (Å²) in [6.07, 6.45) is 7.30. The van der Waals surface area contributed by atoms with Crippen LogP contribution in [-0.2, 0) is 28.9 Å². The summed E-state index contributed by atoms with van der Waals surface area (Å²) in [5, 5.41) is 5.65. The number of amides is 1. The Morgan fingerprint density at radius 1 is 1.31 bits per heavy atom. The highest BCUT2D eigenvalue weighted by Gasteiger charge is 2.27. The molecule has 0 aliphatic heterocycles. The Kier molecular flexibility index (Phi) is 5.87. The summed E-state index contributed by atoms with van der Waals surface area (Å²) >= 11 is 1.45. The fraction of sp³-hybridized carbons (Fsp3) is 0.529. The van der Waals surface area contributed by atoms with Crippen LogP contribution in [0.5, 0.6) is 0 Å². The van der Waals surface area contributed by atoms with E-state index in [1.807, 2.05) is 0 Å². The van der Waals surface area contributed by atoms with Crippen LogP contribution in [0.4, 0.5) is 5.00 Å². The number of carbonyl (C=O) groups is 2. The summed E-state index contributed by atoms with van der Waals surface area (Å²) in [6, 6.07) is 0. The van der Waals surface area contributed by atoms with Crippen molar-refractivity contribution in [3.05, 3.63) is 32.6 Å². The fourth-order valence-corrected chi connectivity index (χ4v) is 4.40. The molecule has 1 aliphatic carbocycles. The lowest BCUT2D eigenvalue weighted by molar-refractivity contribution is -0.750. The Morgan fingerprint density at radius 3 is 2.77 bits per heavy atom. The summed E-state index contributed by atoms with van der Waals surface area (Å²) < 4.78 is 11.0. The van der Waals surface area contributed by atoms with E-state index in [0.29, 0.717) is 10.6 Å². The van der Waals surface area contributed by atoms with Gasteiger partial charge in [-0.25, -0.2) is 9.59 Å². The predicted octanol–water partition coefficient (Wildman–Crippen LogP) is 1.79. The average molecular weight is 380 g/mol. The molecule has 9 heteroatoms. The number of aromatic amines is 1. The molecule has 3 rings (SSSR count). The van der Waals surface area contributed by atoms with Gasteiger partial charge in [0.2, 0.25) is 0 Å². The van der Waals surface area contributed by atoms with E-state index in [4.69, 9.17) is 4.74 Å². The van der Waals surface area contributed by atoms with Gasteiger partial charge in [-0.2, -0.15) is 0 Å². The number of anilines is 1. The Balaban J connectivity index is 1.86. The number of aryl methyl sites for hydroxylation is 1. The third-order valence-electron chi connectivity index (χ3n) is 4.24. The number of carbonyl (C=O) groups excluding carboxylic acids is 2. The van der Waals surface area contributed by atoms with Crippen molar-refractivity contribution in [1.29, 1.82) is 0 Å². The standard InChI is InChI=1S/C17H21N3O5S/c1-2-24-17(23)15-11-7-5-3-4-6-8-12(11)26-16(15)18-13(21)9-20-10-14(22)25-19-20/h10H,2-9H2,1H3,(H-,18,19,21,22,23)/p+1. The van der Waals surface area contributed by atoms with Gasteiger partial charge in [0.25, 0.3) is 18.6 Å². The highest BCUT2D eigenvalue weighted by atomic mass is 32.1. The molecule has 0 spiro atoms. The number of rotatable bonds is 5. The minimum atomic E-state index is -0.566. The number of aromatic nitrogens is 2. The molecule has 0 saturated heterocycles. The normalized spacial score (nSPS) is 14.2. The average Bonchev–Trinajstić information content (AvgIpc) is 3.11. The summed E-state index contributed by atoms with van der Waals surface area (Å²) in [7, 11) is 0. The molecule has 2 N–H and O–H groups in total. The molecule has 140 valence electrons. The quantitative estimate of drug-likeness (QED) is 0.608. The monoisotopic (exact) mass is 380 g/mol. The minimum Gasteiger partial charge on any atom is -0.462 e. The van der Waals surface area contributed by atoms with Gasteiger partial charge in [0.15, 0.2) is 0 Å². The molecule has 0 aromatic carbocycles. The maximum Gasteiger partial charge on any atom is 0.426 e. The molecule has 1 aliphatic rings. The van der Waals surface area contributed by atoms with Gasteiger partial charge in [-0.15, -0.1) is 11.3 Å². The first-order valence-electron chi connectivity index (χ1n) is 8.78. The first-order chi connectivity index (χ1) is 12.6. The number of esters is 1. The van der Waals surface area contributed by atoms with Gasteiger partial charge in [-0.1, -0.05) is 17.5 Å². The van der Waals surface area contributed by atoms with Crippen LogP contribution in [0.15, 0.2) is 15.5 Å². The summed E-state index contributed by atoms with van der Waals surface area (Å²) in [5.74, 6) is -0.753. The second-order valence-corrected chi connectivity index (χ2v) is 7.27. The largest absolute Gasteiger partial charge is 0.462 e. The van der Waals surface area contributed by atoms with E-state index in [-0.39, 0.29) is 19.1 Å². The van der Waals surface area contributed by atoms with E-state index in [0.717, 1.165) is 48.7 Å². The number of H-pyrrole nitrogens is 1. The van der Waals surface area contributed by atoms with Gasteiger partial charge in [-0.3, -0.25) is 9.32 Å². The third-order valence-corrected chi connectivity index (χ3v) is 5.45. The van der Waals surface area contributed by atoms with Crippen LogP contribution in [0.2, 0.25) is 0 Å². The Hall–Kier alpha value is -2.42. The Bertz CT molecular complexity index is 851. The van der Waals surface area contributed by atoms with Crippen LogP contribution in [0.25, 0.3) is 0 Å². The molecule has 8 nitrogen and oxygen atoms in total. The van der Waals surface area contributed by atoms with Crippen molar-refractivity contribution >= 4 is 28.2 Å². The van der Waals surface area contributed by atoms with E-state index in [2.05, 4.69) is 15.1 Å². The molecule has 0 bridgehead atoms. The van der Waals surface area contributed by atoms with Gasteiger partial charge < -0.3 is 10.1 Å². The molecule has 1 amide bonds. The maximum absolute atomic E-state index is 12.5. The van der Waals surface area contributed by atoms with Crippen molar-refractivity contribution in [2.45, 2.75) is 52.0 Å². The molecule has 2 aromatic heterocycles. The van der Waals surface area contributed by atoms with Crippen LogP contribution >= 0.6 is 11.3 Å². The molecule has 26 heavy (non-hydrogen) atoms. The predicted molar refractivity (Wildman–Crippen MR) is 94.3 cm³/mol. The van der Waals surface area contributed by atoms with Gasteiger partial charge in [0.1, 0.15) is 5.00 Å². The topological polar surface area (TPSA) is 105 Å². The zero-order chi connectivity index (χ0) is 18.5. The van der Waals surface area contributed by atoms with Crippen LogP contribution in [0, 0.1) is 0 Å². The number of ether oxygens (including phenoxy) is 1. The highest BCUT2D eigenvalue weighted by Crippen LogP contribution is 2.37. The van der Waals surface area contributed by atoms with E-state index in [1.165, 1.54) is 22.4 Å². The number of hydrogen-bond donors (Lipinski definition) is 2. The first-order valence-corrected chi connectivity index (χ1v) is 9.59. The zero-order valence-electron chi connectivity index (χ0n) is 14.6. The number of thiophene rings is 1. The second-order valence-electron chi connectivity index (χ2n) is 6.16. The van der Waals surface area contributed by atoms with E-state index in [9.17, 15) is 14.4 Å². The van der Waals surface area contributed by atoms with E-state index in [1.54, 1.807) is 6.92 Å². The molecule has 0 saturated carbocycles. The SMILES string of the molecule is CCOC(=O)c1c(NC(=O)C[n+]2cc(=O)o[nH]2)sc2c1CCCCCC2. The lowest BCUT2D eigenvalue weighted by Gasteiger charge is -2.11. The summed E-state index contributed by atoms with van der Waals surface area (Å²) in [5.41, 5.74) is 0.921. The Morgan fingerprint density at radius 2 is 2.08 bits per heavy atom. The molecule has 0 radical (unpaired) electrons. The fourth-order valence-electron chi connectivity index (χ4n) is 3.11. The zero-order valence-corrected chi connectivity index (χ0v) is 15.4. The summed E-state index contributed by atoms with van der Waals surface area (Å²) in [4.78, 5) is 37.0. The highest BCUT2D eigenvalue weighted by molar-refractivity contribution is 7.17. The van der Waals surface area contributed by atoms with E-state index >= 15 is 0 Å². The molecular weight excluding hydrogens is 358 g/mol. The molecule has 2 heterocycles. The number of fused-ring (bicyclic) bond motifs is 1. The summed E-state index contributed by atoms with van der Waals surface area (Å²) in [6.45, 7) is 1.93. The minimum absolute atomic E-state index is 0.115. The third kappa shape index (κ3) is 4.21. The first kappa shape index (κ1) is 18.4. The number of nitrogens with one attached hydrogen (secondary N) is 2. The van der Waals surface area contributed by atoms with Gasteiger partial charge in [0.05, 0.1) is 12.2 Å². The number of nitrogens with zero attached hydrogens (tertiary/aromatic N) is 1. The maximum atomic E-state index is 12.5. The van der Waals surface area contributed by atoms with Gasteiger partial charge in [0, 0.05) is 4.88 Å². The van der Waals surface area contributed by atoms with Crippen LogP contribution in [-0.4, -0.2) is 23.8 Å². The lowest BCUT2D eigenvalue weighted by Crippen LogP contribution is -2.41. The van der Waals surface area contributed by atoms with Crippen LogP contribution < -0.4 is 15.6 Å². The van der Waals surface area contributed by atoms with Gasteiger partial charge >= 0.3 is 11.6 Å². The van der Waals surface area contributed by atoms with Crippen LogP contribution in [0.3, 0.4) is 0 Å². The van der Waals surface area contributed by atoms with E-state index < -0.39 is 11.6 Å². The molecule has 0 fully saturated rings. The van der Waals surface area contributed by atoms with Gasteiger partial charge in [-0.05, 0) is 43.4 Å². The molecule has 0 atom stereocenters. The van der Waals surface area contributed by atoms with Crippen molar-refractivity contribution in [2.75, 3.05) is 11.9 Å². The van der Waals surface area contributed by atoms with Crippen molar-refractivity contribution in [2.24, 2.45) is 0 Å². The van der Waals surface area contributed by atoms with Crippen molar-refractivity contribution in [3.8, 4) is 0 Å². The molecule has 0 unspecified atom stereocenters.